The Morgan fingerprint density at radius 1 is 1.16 bits per heavy atom. The molecule has 0 aromatic rings. The smallest absolute Gasteiger partial charge is 0.193 e. The van der Waals surface area contributed by atoms with Gasteiger partial charge in [0.05, 0.1) is 0 Å². The summed E-state index contributed by atoms with van der Waals surface area (Å²) in [5.41, 5.74) is 3.46. The normalized spacial score (nSPS) is 14.5. The number of rotatable bonds is 5. The Labute approximate surface area is 123 Å². The van der Waals surface area contributed by atoms with Crippen LogP contribution in [0.5, 0.6) is 0 Å². The molecule has 0 bridgehead atoms. The zero-order valence-corrected chi connectivity index (χ0v) is 16.2. The van der Waals surface area contributed by atoms with Gasteiger partial charge in [-0.3, -0.25) is 0 Å². The first kappa shape index (κ1) is 18.7. The van der Waals surface area contributed by atoms with Gasteiger partial charge in [0.15, 0.2) is 8.32 Å². The van der Waals surface area contributed by atoms with Crippen molar-refractivity contribution in [3.63, 3.8) is 0 Å². The van der Waals surface area contributed by atoms with Crippen molar-refractivity contribution < 1.29 is 4.43 Å². The maximum Gasteiger partial charge on any atom is 0.193 e. The van der Waals surface area contributed by atoms with Crippen molar-refractivity contribution in [2.75, 3.05) is 0 Å². The molecule has 0 aliphatic rings. The second kappa shape index (κ2) is 6.92. The van der Waals surface area contributed by atoms with Gasteiger partial charge in [-0.2, -0.15) is 0 Å². The maximum absolute atomic E-state index is 6.44. The molecule has 0 spiro atoms. The van der Waals surface area contributed by atoms with Gasteiger partial charge in [-0.05, 0) is 31.0 Å². The standard InChI is InChI=1S/C16H32OSi2/c1-10-11-12-15(13-14-18(5,6)7)17-19(8,9)16(2,3)4/h10,15H,1,11-12H2,2-9H3. The molecule has 0 saturated carbocycles. The van der Waals surface area contributed by atoms with Crippen LogP contribution >= 0.6 is 0 Å². The highest BCUT2D eigenvalue weighted by molar-refractivity contribution is 6.83. The van der Waals surface area contributed by atoms with E-state index in [2.05, 4.69) is 71.5 Å². The lowest BCUT2D eigenvalue weighted by atomic mass is 10.2. The molecule has 0 radical (unpaired) electrons. The fourth-order valence-electron chi connectivity index (χ4n) is 1.26. The molecule has 0 fully saturated rings. The van der Waals surface area contributed by atoms with E-state index in [1.165, 1.54) is 0 Å². The van der Waals surface area contributed by atoms with E-state index in [1.54, 1.807) is 0 Å². The Bertz CT molecular complexity index is 348. The summed E-state index contributed by atoms with van der Waals surface area (Å²) in [6, 6.07) is 0. The summed E-state index contributed by atoms with van der Waals surface area (Å²) in [4.78, 5) is 0. The molecular formula is C16H32OSi2. The lowest BCUT2D eigenvalue weighted by molar-refractivity contribution is 0.225. The van der Waals surface area contributed by atoms with E-state index in [-0.39, 0.29) is 11.1 Å². The minimum Gasteiger partial charge on any atom is -0.403 e. The van der Waals surface area contributed by atoms with Gasteiger partial charge in [-0.15, -0.1) is 12.1 Å². The monoisotopic (exact) mass is 296 g/mol. The first-order chi connectivity index (χ1) is 8.39. The first-order valence-corrected chi connectivity index (χ1v) is 13.6. The zero-order chi connectivity index (χ0) is 15.3. The number of hydrogen-bond acceptors (Lipinski definition) is 1. The van der Waals surface area contributed by atoms with Crippen LogP contribution in [0, 0.1) is 11.5 Å². The molecule has 1 nitrogen and oxygen atoms in total. The molecule has 0 rings (SSSR count). The van der Waals surface area contributed by atoms with Crippen LogP contribution in [0.25, 0.3) is 0 Å². The second-order valence-corrected chi connectivity index (χ2v) is 17.3. The molecule has 0 amide bonds. The van der Waals surface area contributed by atoms with Crippen LogP contribution in [-0.4, -0.2) is 22.5 Å². The summed E-state index contributed by atoms with van der Waals surface area (Å²) >= 11 is 0. The van der Waals surface area contributed by atoms with Crippen molar-refractivity contribution in [1.29, 1.82) is 0 Å². The van der Waals surface area contributed by atoms with Crippen LogP contribution in [0.4, 0.5) is 0 Å². The molecule has 3 heteroatoms. The molecule has 0 aliphatic heterocycles. The summed E-state index contributed by atoms with van der Waals surface area (Å²) < 4.78 is 6.44. The van der Waals surface area contributed by atoms with E-state index in [4.69, 9.17) is 4.43 Å². The summed E-state index contributed by atoms with van der Waals surface area (Å²) in [7, 11) is -3.07. The molecule has 1 atom stereocenters. The van der Waals surface area contributed by atoms with Gasteiger partial charge in [0.25, 0.3) is 0 Å². The molecule has 0 heterocycles. The summed E-state index contributed by atoms with van der Waals surface area (Å²) in [5.74, 6) is 3.40. The predicted molar refractivity (Wildman–Crippen MR) is 92.6 cm³/mol. The van der Waals surface area contributed by atoms with Crippen molar-refractivity contribution in [1.82, 2.24) is 0 Å². The third-order valence-corrected chi connectivity index (χ3v) is 8.86. The van der Waals surface area contributed by atoms with Crippen molar-refractivity contribution in [2.24, 2.45) is 0 Å². The van der Waals surface area contributed by atoms with E-state index >= 15 is 0 Å². The summed E-state index contributed by atoms with van der Waals surface area (Å²) in [6.45, 7) is 22.0. The van der Waals surface area contributed by atoms with E-state index in [9.17, 15) is 0 Å². The molecular weight excluding hydrogens is 264 g/mol. The average Bonchev–Trinajstić information content (AvgIpc) is 2.19. The average molecular weight is 297 g/mol. The maximum atomic E-state index is 6.44. The third kappa shape index (κ3) is 7.76. The Kier molecular flexibility index (Phi) is 6.81. The minimum absolute atomic E-state index is 0.0746. The van der Waals surface area contributed by atoms with Crippen molar-refractivity contribution in [2.45, 2.75) is 77.5 Å². The van der Waals surface area contributed by atoms with Crippen LogP contribution in [0.1, 0.15) is 33.6 Å². The fourth-order valence-corrected chi connectivity index (χ4v) is 3.09. The molecule has 19 heavy (non-hydrogen) atoms. The minimum atomic E-state index is -1.74. The van der Waals surface area contributed by atoms with Crippen LogP contribution in [0.15, 0.2) is 12.7 Å². The molecule has 0 aromatic heterocycles. The lowest BCUT2D eigenvalue weighted by Gasteiger charge is -2.38. The summed E-state index contributed by atoms with van der Waals surface area (Å²) in [5, 5.41) is 0.236. The van der Waals surface area contributed by atoms with Crippen LogP contribution in [0.2, 0.25) is 37.8 Å². The second-order valence-electron chi connectivity index (χ2n) is 7.75. The molecule has 0 N–H and O–H groups in total. The lowest BCUT2D eigenvalue weighted by Crippen LogP contribution is -2.43. The van der Waals surface area contributed by atoms with Gasteiger partial charge in [0.2, 0.25) is 0 Å². The largest absolute Gasteiger partial charge is 0.403 e. The molecule has 0 aliphatic carbocycles. The topological polar surface area (TPSA) is 9.23 Å². The third-order valence-electron chi connectivity index (χ3n) is 3.48. The van der Waals surface area contributed by atoms with Crippen molar-refractivity contribution >= 4 is 16.4 Å². The molecule has 0 saturated heterocycles. The van der Waals surface area contributed by atoms with Gasteiger partial charge in [0, 0.05) is 0 Å². The highest BCUT2D eigenvalue weighted by atomic mass is 28.4. The Balaban J connectivity index is 4.96. The molecule has 0 aromatic carbocycles. The molecule has 110 valence electrons. The van der Waals surface area contributed by atoms with E-state index < -0.39 is 16.4 Å². The van der Waals surface area contributed by atoms with E-state index in [0.717, 1.165) is 12.8 Å². The number of hydrogen-bond donors (Lipinski definition) is 0. The van der Waals surface area contributed by atoms with E-state index in [0.29, 0.717) is 0 Å². The Morgan fingerprint density at radius 3 is 2.05 bits per heavy atom. The summed E-state index contributed by atoms with van der Waals surface area (Å²) in [6.07, 6.45) is 3.97. The predicted octanol–water partition coefficient (Wildman–Crippen LogP) is 5.22. The van der Waals surface area contributed by atoms with Gasteiger partial charge >= 0.3 is 0 Å². The van der Waals surface area contributed by atoms with E-state index in [1.807, 2.05) is 6.08 Å². The SMILES string of the molecule is C=CCCC(C#C[Si](C)(C)C)O[Si](C)(C)C(C)(C)C. The van der Waals surface area contributed by atoms with Gasteiger partial charge in [-0.25, -0.2) is 0 Å². The Hall–Kier alpha value is -0.306. The first-order valence-electron chi connectivity index (χ1n) is 7.20. The van der Waals surface area contributed by atoms with Crippen LogP contribution < -0.4 is 0 Å². The zero-order valence-electron chi connectivity index (χ0n) is 14.2. The molecule has 1 unspecified atom stereocenters. The highest BCUT2D eigenvalue weighted by Gasteiger charge is 2.38. The van der Waals surface area contributed by atoms with Gasteiger partial charge < -0.3 is 4.43 Å². The quantitative estimate of drug-likeness (QED) is 0.384. The van der Waals surface area contributed by atoms with Crippen molar-refractivity contribution in [3.8, 4) is 11.5 Å². The highest BCUT2D eigenvalue weighted by Crippen LogP contribution is 2.37. The van der Waals surface area contributed by atoms with Gasteiger partial charge in [-0.1, -0.05) is 52.4 Å². The van der Waals surface area contributed by atoms with Crippen molar-refractivity contribution in [3.05, 3.63) is 12.7 Å². The number of allylic oxidation sites excluding steroid dienone is 1. The van der Waals surface area contributed by atoms with Gasteiger partial charge in [0.1, 0.15) is 14.2 Å². The fraction of sp³-hybridized carbons (Fsp3) is 0.750. The Morgan fingerprint density at radius 2 is 1.68 bits per heavy atom. The van der Waals surface area contributed by atoms with Crippen LogP contribution in [-0.2, 0) is 4.43 Å². The van der Waals surface area contributed by atoms with Crippen LogP contribution in [0.3, 0.4) is 0 Å².